The molecule has 138 valence electrons. The second-order valence-corrected chi connectivity index (χ2v) is 5.83. The van der Waals surface area contributed by atoms with Crippen molar-refractivity contribution in [3.8, 4) is 17.2 Å². The molecule has 0 saturated carbocycles. The van der Waals surface area contributed by atoms with Crippen LogP contribution in [-0.2, 0) is 4.79 Å². The molecule has 1 amide bonds. The fourth-order valence-corrected chi connectivity index (χ4v) is 2.31. The van der Waals surface area contributed by atoms with Gasteiger partial charge in [-0.1, -0.05) is 26.0 Å². The van der Waals surface area contributed by atoms with Crippen LogP contribution in [-0.4, -0.2) is 45.0 Å². The zero-order valence-electron chi connectivity index (χ0n) is 14.5. The molecule has 0 spiro atoms. The summed E-state index contributed by atoms with van der Waals surface area (Å²) in [6.45, 7) is 3.25. The minimum Gasteiger partial charge on any atom is -0.505 e. The molecule has 0 aliphatic rings. The number of aliphatic carboxylic acids is 1. The predicted octanol–water partition coefficient (Wildman–Crippen LogP) is 0.786. The Hall–Kier alpha value is -3.36. The van der Waals surface area contributed by atoms with E-state index in [9.17, 15) is 24.6 Å². The van der Waals surface area contributed by atoms with E-state index in [4.69, 9.17) is 4.74 Å². The number of hydrogen-bond donors (Lipinski definition) is 3. The molecule has 0 aliphatic carbocycles. The third-order valence-electron chi connectivity index (χ3n) is 3.66. The number of carbonyl (C=O) groups excluding carboxylic acids is 1. The average molecular weight is 361 g/mol. The van der Waals surface area contributed by atoms with E-state index in [-0.39, 0.29) is 5.69 Å². The Morgan fingerprint density at radius 2 is 1.92 bits per heavy atom. The Labute approximate surface area is 148 Å². The smallest absolute Gasteiger partial charge is 0.326 e. The number of amides is 1. The fraction of sp³-hybridized carbons (Fsp3) is 0.294. The third kappa shape index (κ3) is 3.82. The molecule has 9 heteroatoms. The topological polar surface area (TPSA) is 131 Å². The minimum atomic E-state index is -1.22. The third-order valence-corrected chi connectivity index (χ3v) is 3.66. The number of nitrogens with zero attached hydrogens (tertiary/aromatic N) is 2. The van der Waals surface area contributed by atoms with Crippen LogP contribution in [0.15, 0.2) is 35.1 Å². The molecule has 1 unspecified atom stereocenters. The zero-order valence-corrected chi connectivity index (χ0v) is 14.5. The van der Waals surface area contributed by atoms with E-state index in [2.05, 4.69) is 10.4 Å². The van der Waals surface area contributed by atoms with E-state index in [1.165, 1.54) is 7.11 Å². The Morgan fingerprint density at radius 1 is 1.27 bits per heavy atom. The Bertz CT molecular complexity index is 890. The predicted molar refractivity (Wildman–Crippen MR) is 91.8 cm³/mol. The largest absolute Gasteiger partial charge is 0.505 e. The highest BCUT2D eigenvalue weighted by molar-refractivity contribution is 5.97. The Morgan fingerprint density at radius 3 is 2.50 bits per heavy atom. The van der Waals surface area contributed by atoms with Crippen molar-refractivity contribution in [2.75, 3.05) is 7.11 Å². The number of carbonyl (C=O) groups is 2. The van der Waals surface area contributed by atoms with Gasteiger partial charge in [0.2, 0.25) is 0 Å². The number of benzene rings is 1. The van der Waals surface area contributed by atoms with Crippen LogP contribution in [0.3, 0.4) is 0 Å². The lowest BCUT2D eigenvalue weighted by molar-refractivity contribution is -0.140. The number of para-hydroxylation sites is 2. The van der Waals surface area contributed by atoms with Gasteiger partial charge in [0.1, 0.15) is 17.5 Å². The normalized spacial score (nSPS) is 11.8. The van der Waals surface area contributed by atoms with Gasteiger partial charge in [0.15, 0.2) is 11.4 Å². The molecular formula is C17H19N3O6. The first kappa shape index (κ1) is 19.0. The SMILES string of the molecule is COc1ccccc1-n1nc(C(=O)NC(C(=O)O)C(C)C)c(O)cc1=O. The van der Waals surface area contributed by atoms with E-state index >= 15 is 0 Å². The molecule has 0 saturated heterocycles. The van der Waals surface area contributed by atoms with Crippen molar-refractivity contribution in [3.05, 3.63) is 46.4 Å². The van der Waals surface area contributed by atoms with Crippen LogP contribution in [0.25, 0.3) is 5.69 Å². The van der Waals surface area contributed by atoms with Gasteiger partial charge in [-0.2, -0.15) is 9.78 Å². The maximum absolute atomic E-state index is 12.4. The van der Waals surface area contributed by atoms with Crippen LogP contribution >= 0.6 is 0 Å². The van der Waals surface area contributed by atoms with Crippen LogP contribution in [0.4, 0.5) is 0 Å². The van der Waals surface area contributed by atoms with E-state index in [0.717, 1.165) is 10.7 Å². The highest BCUT2D eigenvalue weighted by Crippen LogP contribution is 2.21. The quantitative estimate of drug-likeness (QED) is 0.693. The summed E-state index contributed by atoms with van der Waals surface area (Å²) in [5.74, 6) is -2.83. The maximum atomic E-state index is 12.4. The highest BCUT2D eigenvalue weighted by Gasteiger charge is 2.26. The summed E-state index contributed by atoms with van der Waals surface area (Å²) in [6, 6.07) is 6.17. The molecule has 1 heterocycles. The molecule has 9 nitrogen and oxygen atoms in total. The monoisotopic (exact) mass is 361 g/mol. The molecule has 26 heavy (non-hydrogen) atoms. The van der Waals surface area contributed by atoms with E-state index < -0.39 is 40.8 Å². The van der Waals surface area contributed by atoms with Crippen molar-refractivity contribution < 1.29 is 24.5 Å². The summed E-state index contributed by atoms with van der Waals surface area (Å²) in [5.41, 5.74) is -0.878. The molecule has 3 N–H and O–H groups in total. The van der Waals surface area contributed by atoms with Gasteiger partial charge in [-0.05, 0) is 18.1 Å². The van der Waals surface area contributed by atoms with Crippen LogP contribution < -0.4 is 15.6 Å². The van der Waals surface area contributed by atoms with Crippen LogP contribution in [0.5, 0.6) is 11.5 Å². The lowest BCUT2D eigenvalue weighted by Crippen LogP contribution is -2.45. The van der Waals surface area contributed by atoms with Gasteiger partial charge in [-0.15, -0.1) is 0 Å². The first-order valence-electron chi connectivity index (χ1n) is 7.76. The second-order valence-electron chi connectivity index (χ2n) is 5.83. The van der Waals surface area contributed by atoms with Gasteiger partial charge < -0.3 is 20.3 Å². The summed E-state index contributed by atoms with van der Waals surface area (Å²) in [4.78, 5) is 35.8. The van der Waals surface area contributed by atoms with Crippen molar-refractivity contribution in [1.29, 1.82) is 0 Å². The van der Waals surface area contributed by atoms with Gasteiger partial charge in [0, 0.05) is 6.07 Å². The van der Waals surface area contributed by atoms with Crippen molar-refractivity contribution in [3.63, 3.8) is 0 Å². The summed E-state index contributed by atoms with van der Waals surface area (Å²) in [5, 5.41) is 25.3. The van der Waals surface area contributed by atoms with Crippen LogP contribution in [0.1, 0.15) is 24.3 Å². The van der Waals surface area contributed by atoms with Gasteiger partial charge >= 0.3 is 5.97 Å². The first-order chi connectivity index (χ1) is 12.3. The van der Waals surface area contributed by atoms with Crippen molar-refractivity contribution in [1.82, 2.24) is 15.1 Å². The molecule has 2 rings (SSSR count). The number of hydrogen-bond acceptors (Lipinski definition) is 6. The molecular weight excluding hydrogens is 342 g/mol. The molecule has 0 fully saturated rings. The molecule has 0 aliphatic heterocycles. The minimum absolute atomic E-state index is 0.271. The van der Waals surface area contributed by atoms with Crippen LogP contribution in [0.2, 0.25) is 0 Å². The molecule has 2 aromatic rings. The second kappa shape index (κ2) is 7.68. The van der Waals surface area contributed by atoms with Gasteiger partial charge in [-0.3, -0.25) is 9.59 Å². The summed E-state index contributed by atoms with van der Waals surface area (Å²) >= 11 is 0. The van der Waals surface area contributed by atoms with Crippen molar-refractivity contribution in [2.24, 2.45) is 5.92 Å². The van der Waals surface area contributed by atoms with Crippen LogP contribution in [0, 0.1) is 5.92 Å². The van der Waals surface area contributed by atoms with E-state index in [1.807, 2.05) is 0 Å². The summed E-state index contributed by atoms with van der Waals surface area (Å²) in [7, 11) is 1.41. The highest BCUT2D eigenvalue weighted by atomic mass is 16.5. The molecule has 1 aromatic heterocycles. The Balaban J connectivity index is 2.50. The Kier molecular flexibility index (Phi) is 5.61. The number of aromatic hydroxyl groups is 1. The lowest BCUT2D eigenvalue weighted by atomic mass is 10.0. The van der Waals surface area contributed by atoms with Gasteiger partial charge in [0.05, 0.1) is 7.11 Å². The van der Waals surface area contributed by atoms with Crippen molar-refractivity contribution in [2.45, 2.75) is 19.9 Å². The fourth-order valence-electron chi connectivity index (χ4n) is 2.31. The van der Waals surface area contributed by atoms with E-state index in [1.54, 1.807) is 38.1 Å². The number of methoxy groups -OCH3 is 1. The number of aromatic nitrogens is 2. The number of nitrogens with one attached hydrogen (secondary N) is 1. The standard InChI is InChI=1S/C17H19N3O6/c1-9(2)14(17(24)25)18-16(23)15-11(21)8-13(22)20(19-15)10-6-4-5-7-12(10)26-3/h4-9,14,21H,1-3H3,(H,18,23)(H,24,25). The maximum Gasteiger partial charge on any atom is 0.326 e. The number of carboxylic acids is 1. The molecule has 0 radical (unpaired) electrons. The van der Waals surface area contributed by atoms with E-state index in [0.29, 0.717) is 5.75 Å². The average Bonchev–Trinajstić information content (AvgIpc) is 2.59. The van der Waals surface area contributed by atoms with Gasteiger partial charge in [-0.25, -0.2) is 4.79 Å². The number of carboxylic acid groups (broad SMARTS) is 1. The molecule has 0 bridgehead atoms. The van der Waals surface area contributed by atoms with Gasteiger partial charge in [0.25, 0.3) is 11.5 Å². The summed E-state index contributed by atoms with van der Waals surface area (Å²) < 4.78 is 6.07. The zero-order chi connectivity index (χ0) is 19.4. The first-order valence-corrected chi connectivity index (χ1v) is 7.76. The number of ether oxygens (including phenoxy) is 1. The summed E-state index contributed by atoms with van der Waals surface area (Å²) in [6.07, 6.45) is 0. The lowest BCUT2D eigenvalue weighted by Gasteiger charge is -2.18. The number of rotatable bonds is 6. The molecule has 1 atom stereocenters. The van der Waals surface area contributed by atoms with Crippen molar-refractivity contribution >= 4 is 11.9 Å². The molecule has 1 aromatic carbocycles.